The number of esters is 2. The minimum atomic E-state index is -0.564. The van der Waals surface area contributed by atoms with Crippen molar-refractivity contribution in [1.82, 2.24) is 0 Å². The van der Waals surface area contributed by atoms with E-state index in [2.05, 4.69) is 12.7 Å². The summed E-state index contributed by atoms with van der Waals surface area (Å²) in [5, 5.41) is 18.6. The van der Waals surface area contributed by atoms with E-state index in [0.29, 0.717) is 12.8 Å². The zero-order chi connectivity index (χ0) is 19.3. The topological polar surface area (TPSA) is 93.1 Å². The molecule has 0 saturated carbocycles. The highest BCUT2D eigenvalue weighted by Crippen LogP contribution is 2.37. The van der Waals surface area contributed by atoms with Crippen molar-refractivity contribution in [2.75, 3.05) is 13.2 Å². The lowest BCUT2D eigenvalue weighted by molar-refractivity contribution is -0.148. The predicted molar refractivity (Wildman–Crippen MR) is 96.0 cm³/mol. The van der Waals surface area contributed by atoms with Gasteiger partial charge in [-0.15, -0.1) is 0 Å². The molecule has 6 heteroatoms. The minimum Gasteiger partial charge on any atom is -0.458 e. The summed E-state index contributed by atoms with van der Waals surface area (Å²) in [6, 6.07) is 0. The van der Waals surface area contributed by atoms with Crippen molar-refractivity contribution in [3.63, 3.8) is 0 Å². The van der Waals surface area contributed by atoms with Crippen LogP contribution >= 0.6 is 0 Å². The first-order valence-electron chi connectivity index (χ1n) is 9.03. The number of carbonyl (C=O) groups is 2. The molecule has 1 fully saturated rings. The lowest BCUT2D eigenvalue weighted by Crippen LogP contribution is -2.36. The third-order valence-corrected chi connectivity index (χ3v) is 5.06. The average Bonchev–Trinajstić information content (AvgIpc) is 2.87. The van der Waals surface area contributed by atoms with Crippen LogP contribution in [0.3, 0.4) is 0 Å². The molecule has 1 aliphatic carbocycles. The summed E-state index contributed by atoms with van der Waals surface area (Å²) in [5.74, 6) is -1.65. The van der Waals surface area contributed by atoms with Crippen molar-refractivity contribution in [3.8, 4) is 0 Å². The number of hydrogen-bond donors (Lipinski definition) is 2. The Kier molecular flexibility index (Phi) is 7.17. The molecule has 0 bridgehead atoms. The van der Waals surface area contributed by atoms with Crippen molar-refractivity contribution in [1.29, 1.82) is 0 Å². The number of aliphatic hydroxyl groups is 2. The van der Waals surface area contributed by atoms with Gasteiger partial charge in [0.1, 0.15) is 12.2 Å². The van der Waals surface area contributed by atoms with Crippen LogP contribution in [-0.2, 0) is 19.1 Å². The van der Waals surface area contributed by atoms with Gasteiger partial charge >= 0.3 is 11.9 Å². The smallest absolute Gasteiger partial charge is 0.333 e. The number of rotatable bonds is 5. The molecule has 2 aliphatic rings. The molecule has 0 amide bonds. The Bertz CT molecular complexity index is 618. The van der Waals surface area contributed by atoms with E-state index in [0.717, 1.165) is 17.6 Å². The maximum atomic E-state index is 12.3. The normalized spacial score (nSPS) is 33.2. The summed E-state index contributed by atoms with van der Waals surface area (Å²) >= 11 is 0. The molecule has 0 aromatic carbocycles. The standard InChI is InChI=1S/C20H28O6/c1-12-5-4-6-15(11-22)10-17-18(14(3)20(24)26-17)16(9-12)25-19(23)13(2)7-8-21/h5,10,14,16-18,21-22H,2,4,6-9,11H2,1,3H3/b12-5+,15-10-/t14-,16-,17+,18+/m0/s1. The SMILES string of the molecule is C=C(CCO)C(=O)O[C@H]1C/C(C)=C/CC/C(CO)=C/[C@H]2OC(=O)[C@@H](C)[C@H]12. The summed E-state index contributed by atoms with van der Waals surface area (Å²) in [5.41, 5.74) is 2.06. The fourth-order valence-electron chi connectivity index (χ4n) is 3.51. The van der Waals surface area contributed by atoms with E-state index in [1.54, 1.807) is 13.0 Å². The molecule has 2 rings (SSSR count). The second kappa shape index (κ2) is 9.14. The van der Waals surface area contributed by atoms with Crippen LogP contribution in [0, 0.1) is 11.8 Å². The number of carbonyl (C=O) groups excluding carboxylic acids is 2. The van der Waals surface area contributed by atoms with Crippen LogP contribution in [-0.4, -0.2) is 47.6 Å². The van der Waals surface area contributed by atoms with E-state index >= 15 is 0 Å². The zero-order valence-electron chi connectivity index (χ0n) is 15.4. The predicted octanol–water partition coefficient (Wildman–Crippen LogP) is 2.06. The Morgan fingerprint density at radius 2 is 2.15 bits per heavy atom. The van der Waals surface area contributed by atoms with Gasteiger partial charge in [-0.25, -0.2) is 4.79 Å². The number of hydrogen-bond acceptors (Lipinski definition) is 6. The summed E-state index contributed by atoms with van der Waals surface area (Å²) in [6.07, 6.45) is 4.89. The highest BCUT2D eigenvalue weighted by atomic mass is 16.6. The monoisotopic (exact) mass is 364 g/mol. The number of allylic oxidation sites excluding steroid dienone is 1. The molecular weight excluding hydrogens is 336 g/mol. The first kappa shape index (κ1) is 20.4. The fraction of sp³-hybridized carbons (Fsp3) is 0.600. The van der Waals surface area contributed by atoms with Crippen molar-refractivity contribution in [2.45, 2.75) is 51.7 Å². The van der Waals surface area contributed by atoms with E-state index in [4.69, 9.17) is 14.6 Å². The van der Waals surface area contributed by atoms with Crippen molar-refractivity contribution >= 4 is 11.9 Å². The molecule has 1 saturated heterocycles. The van der Waals surface area contributed by atoms with E-state index < -0.39 is 24.1 Å². The quantitative estimate of drug-likeness (QED) is 0.441. The van der Waals surface area contributed by atoms with E-state index in [9.17, 15) is 14.7 Å². The third kappa shape index (κ3) is 4.83. The van der Waals surface area contributed by atoms with Crippen molar-refractivity contribution in [3.05, 3.63) is 35.5 Å². The molecule has 1 aliphatic heterocycles. The molecule has 144 valence electrons. The molecule has 4 atom stereocenters. The van der Waals surface area contributed by atoms with Crippen LogP contribution in [0.2, 0.25) is 0 Å². The summed E-state index contributed by atoms with van der Waals surface area (Å²) in [7, 11) is 0. The fourth-order valence-corrected chi connectivity index (χ4v) is 3.51. The van der Waals surface area contributed by atoms with Gasteiger partial charge in [-0.3, -0.25) is 4.79 Å². The van der Waals surface area contributed by atoms with Gasteiger partial charge in [-0.05, 0) is 31.4 Å². The molecular formula is C20H28O6. The van der Waals surface area contributed by atoms with Gasteiger partial charge < -0.3 is 19.7 Å². The van der Waals surface area contributed by atoms with Crippen LogP contribution in [0.25, 0.3) is 0 Å². The number of fused-ring (bicyclic) bond motifs is 1. The largest absolute Gasteiger partial charge is 0.458 e. The van der Waals surface area contributed by atoms with E-state index in [1.807, 2.05) is 6.92 Å². The number of aliphatic hydroxyl groups excluding tert-OH is 2. The third-order valence-electron chi connectivity index (χ3n) is 5.06. The lowest BCUT2D eigenvalue weighted by Gasteiger charge is -2.29. The Hall–Kier alpha value is -1.92. The number of ether oxygens (including phenoxy) is 2. The molecule has 1 heterocycles. The Morgan fingerprint density at radius 1 is 1.42 bits per heavy atom. The van der Waals surface area contributed by atoms with Gasteiger partial charge in [-0.2, -0.15) is 0 Å². The Labute approximate surface area is 154 Å². The first-order chi connectivity index (χ1) is 12.4. The van der Waals surface area contributed by atoms with Gasteiger partial charge in [0.25, 0.3) is 0 Å². The van der Waals surface area contributed by atoms with Gasteiger partial charge in [0, 0.05) is 25.0 Å². The maximum Gasteiger partial charge on any atom is 0.333 e. The van der Waals surface area contributed by atoms with Crippen LogP contribution in [0.15, 0.2) is 35.5 Å². The molecule has 0 unspecified atom stereocenters. The Morgan fingerprint density at radius 3 is 2.81 bits per heavy atom. The summed E-state index contributed by atoms with van der Waals surface area (Å²) in [6.45, 7) is 7.12. The zero-order valence-corrected chi connectivity index (χ0v) is 15.4. The van der Waals surface area contributed by atoms with Gasteiger partial charge in [-0.1, -0.05) is 25.2 Å². The van der Waals surface area contributed by atoms with E-state index in [-0.39, 0.29) is 37.1 Å². The Balaban J connectivity index is 2.33. The van der Waals surface area contributed by atoms with Gasteiger partial charge in [0.2, 0.25) is 0 Å². The molecule has 26 heavy (non-hydrogen) atoms. The minimum absolute atomic E-state index is 0.0974. The summed E-state index contributed by atoms with van der Waals surface area (Å²) in [4.78, 5) is 24.5. The second-order valence-electron chi connectivity index (χ2n) is 7.06. The second-order valence-corrected chi connectivity index (χ2v) is 7.06. The molecule has 0 spiro atoms. The lowest BCUT2D eigenvalue weighted by atomic mass is 9.82. The van der Waals surface area contributed by atoms with Crippen LogP contribution in [0.1, 0.15) is 39.5 Å². The molecule has 0 aromatic rings. The molecule has 2 N–H and O–H groups in total. The highest BCUT2D eigenvalue weighted by Gasteiger charge is 2.47. The molecule has 0 aromatic heterocycles. The molecule has 0 radical (unpaired) electrons. The van der Waals surface area contributed by atoms with Gasteiger partial charge in [0.15, 0.2) is 0 Å². The van der Waals surface area contributed by atoms with Crippen molar-refractivity contribution < 1.29 is 29.3 Å². The average molecular weight is 364 g/mol. The van der Waals surface area contributed by atoms with Crippen LogP contribution in [0.5, 0.6) is 0 Å². The van der Waals surface area contributed by atoms with Crippen molar-refractivity contribution in [2.24, 2.45) is 11.8 Å². The first-order valence-corrected chi connectivity index (χ1v) is 9.03. The van der Waals surface area contributed by atoms with Gasteiger partial charge in [0.05, 0.1) is 18.4 Å². The highest BCUT2D eigenvalue weighted by molar-refractivity contribution is 5.88. The summed E-state index contributed by atoms with van der Waals surface area (Å²) < 4.78 is 11.2. The maximum absolute atomic E-state index is 12.3. The van der Waals surface area contributed by atoms with E-state index in [1.165, 1.54) is 0 Å². The van der Waals surface area contributed by atoms with Crippen LogP contribution < -0.4 is 0 Å². The van der Waals surface area contributed by atoms with Crippen LogP contribution in [0.4, 0.5) is 0 Å². The molecule has 6 nitrogen and oxygen atoms in total.